The molecular formula is C11H14N2O2. The van der Waals surface area contributed by atoms with Gasteiger partial charge in [0.1, 0.15) is 5.69 Å². The molecule has 4 nitrogen and oxygen atoms in total. The summed E-state index contributed by atoms with van der Waals surface area (Å²) in [4.78, 5) is 16.6. The molecule has 2 rings (SSSR count). The highest BCUT2D eigenvalue weighted by Gasteiger charge is 2.18. The largest absolute Gasteiger partial charge is 0.461 e. The number of carbonyl (C=O) groups excluding carboxylic acids is 1. The van der Waals surface area contributed by atoms with Crippen LogP contribution < -0.4 is 4.90 Å². The second-order valence-electron chi connectivity index (χ2n) is 3.33. The summed E-state index contributed by atoms with van der Waals surface area (Å²) in [6.07, 6.45) is 5.93. The zero-order valence-corrected chi connectivity index (χ0v) is 8.69. The van der Waals surface area contributed by atoms with Crippen LogP contribution in [0.5, 0.6) is 0 Å². The molecule has 15 heavy (non-hydrogen) atoms. The third-order valence-corrected chi connectivity index (χ3v) is 2.36. The molecule has 1 aromatic rings. The normalized spacial score (nSPS) is 14.6. The topological polar surface area (TPSA) is 45.3 Å². The van der Waals surface area contributed by atoms with Crippen molar-refractivity contribution in [2.75, 3.05) is 24.6 Å². The van der Waals surface area contributed by atoms with Crippen LogP contribution in [0.2, 0.25) is 0 Å². The number of aromatic amines is 1. The van der Waals surface area contributed by atoms with Gasteiger partial charge in [-0.1, -0.05) is 12.2 Å². The molecule has 0 radical (unpaired) electrons. The van der Waals surface area contributed by atoms with Crippen LogP contribution >= 0.6 is 0 Å². The van der Waals surface area contributed by atoms with Crippen molar-refractivity contribution in [1.82, 2.24) is 4.98 Å². The first-order chi connectivity index (χ1) is 7.33. The predicted octanol–water partition coefficient (Wildman–Crippen LogP) is 1.57. The smallest absolute Gasteiger partial charge is 0.356 e. The fourth-order valence-corrected chi connectivity index (χ4v) is 1.67. The summed E-state index contributed by atoms with van der Waals surface area (Å²) in [6, 6.07) is 1.90. The molecule has 0 spiro atoms. The van der Waals surface area contributed by atoms with Crippen LogP contribution in [0, 0.1) is 0 Å². The number of carbonyl (C=O) groups is 1. The zero-order valence-electron chi connectivity index (χ0n) is 8.69. The second-order valence-corrected chi connectivity index (χ2v) is 3.33. The van der Waals surface area contributed by atoms with E-state index in [9.17, 15) is 4.79 Å². The molecule has 1 N–H and O–H groups in total. The van der Waals surface area contributed by atoms with Crippen LogP contribution in [-0.2, 0) is 4.74 Å². The molecule has 4 heteroatoms. The highest BCUT2D eigenvalue weighted by atomic mass is 16.5. The van der Waals surface area contributed by atoms with E-state index < -0.39 is 0 Å². The molecule has 0 atom stereocenters. The number of esters is 1. The van der Waals surface area contributed by atoms with Gasteiger partial charge >= 0.3 is 5.97 Å². The summed E-state index contributed by atoms with van der Waals surface area (Å²) in [5.41, 5.74) is 1.46. The molecule has 0 aromatic carbocycles. The van der Waals surface area contributed by atoms with E-state index >= 15 is 0 Å². The maximum atomic E-state index is 11.6. The first kappa shape index (κ1) is 9.83. The number of aromatic nitrogens is 1. The van der Waals surface area contributed by atoms with Crippen molar-refractivity contribution >= 4 is 11.7 Å². The van der Waals surface area contributed by atoms with E-state index in [0.717, 1.165) is 18.8 Å². The molecule has 1 aromatic heterocycles. The molecule has 1 aliphatic rings. The summed E-state index contributed by atoms with van der Waals surface area (Å²) in [5, 5.41) is 0. The van der Waals surface area contributed by atoms with Crippen LogP contribution in [0.15, 0.2) is 24.4 Å². The molecule has 0 saturated carbocycles. The number of nitrogens with one attached hydrogen (secondary N) is 1. The monoisotopic (exact) mass is 206 g/mol. The van der Waals surface area contributed by atoms with Gasteiger partial charge in [-0.2, -0.15) is 0 Å². The van der Waals surface area contributed by atoms with Gasteiger partial charge in [-0.05, 0) is 13.0 Å². The van der Waals surface area contributed by atoms with E-state index in [2.05, 4.69) is 22.0 Å². The van der Waals surface area contributed by atoms with Gasteiger partial charge in [0.2, 0.25) is 0 Å². The summed E-state index contributed by atoms with van der Waals surface area (Å²) in [6.45, 7) is 3.90. The maximum Gasteiger partial charge on any atom is 0.356 e. The number of H-pyrrole nitrogens is 1. The highest BCUT2D eigenvalue weighted by molar-refractivity contribution is 5.94. The zero-order chi connectivity index (χ0) is 10.7. The molecule has 2 heterocycles. The molecule has 0 bridgehead atoms. The lowest BCUT2D eigenvalue weighted by molar-refractivity contribution is 0.0521. The van der Waals surface area contributed by atoms with E-state index in [1.54, 1.807) is 13.1 Å². The van der Waals surface area contributed by atoms with E-state index in [-0.39, 0.29) is 5.97 Å². The molecule has 0 aliphatic carbocycles. The Morgan fingerprint density at radius 3 is 2.93 bits per heavy atom. The lowest BCUT2D eigenvalue weighted by atomic mass is 10.3. The quantitative estimate of drug-likeness (QED) is 0.603. The van der Waals surface area contributed by atoms with Crippen molar-refractivity contribution in [3.8, 4) is 0 Å². The number of hydrogen-bond acceptors (Lipinski definition) is 3. The lowest BCUT2D eigenvalue weighted by Crippen LogP contribution is -2.21. The maximum absolute atomic E-state index is 11.6. The van der Waals surface area contributed by atoms with Crippen LogP contribution in [0.25, 0.3) is 0 Å². The van der Waals surface area contributed by atoms with Gasteiger partial charge in [-0.15, -0.1) is 0 Å². The minimum Gasteiger partial charge on any atom is -0.461 e. The fourth-order valence-electron chi connectivity index (χ4n) is 1.67. The molecule has 1 aliphatic heterocycles. The van der Waals surface area contributed by atoms with E-state index in [0.29, 0.717) is 12.3 Å². The van der Waals surface area contributed by atoms with Gasteiger partial charge in [0.05, 0.1) is 12.3 Å². The summed E-state index contributed by atoms with van der Waals surface area (Å²) in [7, 11) is 0. The Labute approximate surface area is 88.5 Å². The molecule has 0 amide bonds. The van der Waals surface area contributed by atoms with E-state index in [1.807, 2.05) is 6.07 Å². The predicted molar refractivity (Wildman–Crippen MR) is 58.1 cm³/mol. The Balaban J connectivity index is 2.17. The van der Waals surface area contributed by atoms with Crippen molar-refractivity contribution in [2.24, 2.45) is 0 Å². The Morgan fingerprint density at radius 2 is 2.27 bits per heavy atom. The summed E-state index contributed by atoms with van der Waals surface area (Å²) < 4.78 is 4.97. The Hall–Kier alpha value is -1.71. The van der Waals surface area contributed by atoms with Crippen LogP contribution in [0.1, 0.15) is 17.4 Å². The van der Waals surface area contributed by atoms with E-state index in [4.69, 9.17) is 4.74 Å². The molecular weight excluding hydrogens is 192 g/mol. The number of rotatable bonds is 3. The molecule has 0 saturated heterocycles. The van der Waals surface area contributed by atoms with Crippen molar-refractivity contribution in [1.29, 1.82) is 0 Å². The van der Waals surface area contributed by atoms with Crippen molar-refractivity contribution in [2.45, 2.75) is 6.92 Å². The van der Waals surface area contributed by atoms with Crippen LogP contribution in [0.4, 0.5) is 5.69 Å². The number of hydrogen-bond donors (Lipinski definition) is 1. The SMILES string of the molecule is CCOC(=O)c1[nH]ccc1N1CC=CC1. The minimum absolute atomic E-state index is 0.288. The first-order valence-corrected chi connectivity index (χ1v) is 5.07. The fraction of sp³-hybridized carbons (Fsp3) is 0.364. The van der Waals surface area contributed by atoms with Crippen LogP contribution in [-0.4, -0.2) is 30.6 Å². The average Bonchev–Trinajstić information content (AvgIpc) is 2.88. The standard InChI is InChI=1S/C11H14N2O2/c1-2-15-11(14)10-9(5-6-12-10)13-7-3-4-8-13/h3-6,12H,2,7-8H2,1H3. The van der Waals surface area contributed by atoms with Crippen LogP contribution in [0.3, 0.4) is 0 Å². The Kier molecular flexibility index (Phi) is 2.76. The average molecular weight is 206 g/mol. The lowest BCUT2D eigenvalue weighted by Gasteiger charge is -2.17. The first-order valence-electron chi connectivity index (χ1n) is 5.07. The molecule has 80 valence electrons. The van der Waals surface area contributed by atoms with Gasteiger partial charge in [0, 0.05) is 19.3 Å². The van der Waals surface area contributed by atoms with E-state index in [1.165, 1.54) is 0 Å². The van der Waals surface area contributed by atoms with Crippen molar-refractivity contribution in [3.63, 3.8) is 0 Å². The summed E-state index contributed by atoms with van der Waals surface area (Å²) in [5.74, 6) is -0.288. The number of nitrogens with zero attached hydrogens (tertiary/aromatic N) is 1. The van der Waals surface area contributed by atoms with Crippen molar-refractivity contribution in [3.05, 3.63) is 30.1 Å². The van der Waals surface area contributed by atoms with Gasteiger partial charge in [0.15, 0.2) is 0 Å². The number of anilines is 1. The van der Waals surface area contributed by atoms with Gasteiger partial charge in [-0.3, -0.25) is 0 Å². The molecule has 0 unspecified atom stereocenters. The third kappa shape index (κ3) is 1.88. The van der Waals surface area contributed by atoms with Gasteiger partial charge in [-0.25, -0.2) is 4.79 Å². The minimum atomic E-state index is -0.288. The van der Waals surface area contributed by atoms with Gasteiger partial charge < -0.3 is 14.6 Å². The van der Waals surface area contributed by atoms with Gasteiger partial charge in [0.25, 0.3) is 0 Å². The third-order valence-electron chi connectivity index (χ3n) is 2.36. The van der Waals surface area contributed by atoms with Crippen molar-refractivity contribution < 1.29 is 9.53 Å². The molecule has 0 fully saturated rings. The highest BCUT2D eigenvalue weighted by Crippen LogP contribution is 2.21. The summed E-state index contributed by atoms with van der Waals surface area (Å²) >= 11 is 0. The Bertz CT molecular complexity index is 374. The number of ether oxygens (including phenoxy) is 1. The second kappa shape index (κ2) is 4.21. The Morgan fingerprint density at radius 1 is 1.53 bits per heavy atom.